The summed E-state index contributed by atoms with van der Waals surface area (Å²) < 4.78 is 29.6. The molecule has 2 aromatic rings. The van der Waals surface area contributed by atoms with Crippen LogP contribution in [0.25, 0.3) is 0 Å². The number of amidine groups is 1. The molecule has 112 valence electrons. The van der Waals surface area contributed by atoms with Gasteiger partial charge in [-0.2, -0.15) is 0 Å². The van der Waals surface area contributed by atoms with Crippen LogP contribution < -0.4 is 5.73 Å². The van der Waals surface area contributed by atoms with Crippen molar-refractivity contribution >= 4 is 27.4 Å². The maximum atomic E-state index is 12.2. The molecule has 0 radical (unpaired) electrons. The molecule has 21 heavy (non-hydrogen) atoms. The predicted molar refractivity (Wildman–Crippen MR) is 79.3 cm³/mol. The molecule has 0 saturated carbocycles. The monoisotopic (exact) mass is 326 g/mol. The van der Waals surface area contributed by atoms with Gasteiger partial charge in [-0.25, -0.2) is 8.42 Å². The van der Waals surface area contributed by atoms with Crippen LogP contribution in [0.2, 0.25) is 0 Å². The van der Waals surface area contributed by atoms with Gasteiger partial charge in [0.1, 0.15) is 5.84 Å². The molecule has 9 heteroatoms. The topological polar surface area (TPSA) is 123 Å². The number of aromatic nitrogens is 2. The lowest BCUT2D eigenvalue weighted by Gasteiger charge is -2.05. The fourth-order valence-corrected chi connectivity index (χ4v) is 4.04. The number of hydrogen-bond donors (Lipinski definition) is 2. The highest BCUT2D eigenvalue weighted by atomic mass is 32.2. The third kappa shape index (κ3) is 4.05. The lowest BCUT2D eigenvalue weighted by molar-refractivity contribution is 0.429. The number of aryl methyl sites for hydroxylation is 1. The van der Waals surface area contributed by atoms with E-state index < -0.39 is 9.84 Å². The van der Waals surface area contributed by atoms with E-state index in [-0.39, 0.29) is 16.5 Å². The highest BCUT2D eigenvalue weighted by molar-refractivity contribution is 8.00. The molecule has 0 aliphatic rings. The third-order valence-corrected chi connectivity index (χ3v) is 5.38. The minimum Gasteiger partial charge on any atom is -0.416 e. The van der Waals surface area contributed by atoms with Crippen LogP contribution in [0.1, 0.15) is 11.5 Å². The summed E-state index contributed by atoms with van der Waals surface area (Å²) in [5, 5.41) is 15.1. The quantitative estimate of drug-likeness (QED) is 0.465. The van der Waals surface area contributed by atoms with E-state index in [0.717, 1.165) is 0 Å². The van der Waals surface area contributed by atoms with E-state index in [9.17, 15) is 8.42 Å². The summed E-state index contributed by atoms with van der Waals surface area (Å²) in [4.78, 5) is 0.150. The summed E-state index contributed by atoms with van der Waals surface area (Å²) in [7, 11) is -3.44. The van der Waals surface area contributed by atoms with Crippen LogP contribution in [-0.2, 0) is 9.84 Å². The molecule has 0 unspecified atom stereocenters. The second kappa shape index (κ2) is 6.27. The summed E-state index contributed by atoms with van der Waals surface area (Å²) in [6, 6.07) is 6.05. The summed E-state index contributed by atoms with van der Waals surface area (Å²) in [6.07, 6.45) is 0. The van der Waals surface area contributed by atoms with E-state index in [1.54, 1.807) is 19.1 Å². The minimum atomic E-state index is -3.44. The minimum absolute atomic E-state index is 0.0690. The normalized spacial score (nSPS) is 11.5. The molecule has 0 aliphatic heterocycles. The molecule has 2 rings (SSSR count). The number of nitrogens with one attached hydrogen (secondary N) is 1. The summed E-state index contributed by atoms with van der Waals surface area (Å²) >= 11 is 1.19. The van der Waals surface area contributed by atoms with Crippen LogP contribution >= 0.6 is 11.8 Å². The number of hydrogen-bond acceptors (Lipinski definition) is 7. The highest BCUT2D eigenvalue weighted by Gasteiger charge is 2.16. The van der Waals surface area contributed by atoms with Gasteiger partial charge in [0.05, 0.1) is 10.6 Å². The van der Waals surface area contributed by atoms with Gasteiger partial charge in [0.15, 0.2) is 9.84 Å². The fraction of sp³-hybridized carbons (Fsp3) is 0.250. The number of sulfone groups is 1. The first-order valence-corrected chi connectivity index (χ1v) is 8.62. The van der Waals surface area contributed by atoms with Crippen molar-refractivity contribution in [1.82, 2.24) is 10.2 Å². The summed E-state index contributed by atoms with van der Waals surface area (Å²) in [5.41, 5.74) is 5.75. The maximum Gasteiger partial charge on any atom is 0.276 e. The summed E-state index contributed by atoms with van der Waals surface area (Å²) in [5.74, 6) is 0.506. The molecule has 3 N–H and O–H groups in total. The number of nitrogen functional groups attached to an aromatic ring is 1. The van der Waals surface area contributed by atoms with Crippen LogP contribution in [0.5, 0.6) is 0 Å². The molecular formula is C12H14N4O3S2. The van der Waals surface area contributed by atoms with Crippen molar-refractivity contribution in [2.75, 3.05) is 11.5 Å². The van der Waals surface area contributed by atoms with Gasteiger partial charge in [0.25, 0.3) is 5.22 Å². The van der Waals surface area contributed by atoms with Crippen molar-refractivity contribution in [3.8, 4) is 0 Å². The van der Waals surface area contributed by atoms with E-state index in [4.69, 9.17) is 15.6 Å². The zero-order chi connectivity index (χ0) is 15.5. The number of nitrogens with zero attached hydrogens (tertiary/aromatic N) is 2. The van der Waals surface area contributed by atoms with Crippen molar-refractivity contribution in [2.24, 2.45) is 5.73 Å². The fourth-order valence-electron chi connectivity index (χ4n) is 1.55. The first-order valence-electron chi connectivity index (χ1n) is 5.98. The van der Waals surface area contributed by atoms with Crippen LogP contribution in [-0.4, -0.2) is 36.0 Å². The molecule has 0 saturated heterocycles. The van der Waals surface area contributed by atoms with Gasteiger partial charge in [-0.3, -0.25) is 5.41 Å². The second-order valence-corrected chi connectivity index (χ2v) is 7.35. The van der Waals surface area contributed by atoms with Gasteiger partial charge in [0.2, 0.25) is 5.89 Å². The first kappa shape index (κ1) is 15.5. The molecule has 0 fully saturated rings. The van der Waals surface area contributed by atoms with Gasteiger partial charge in [-0.05, 0) is 12.1 Å². The van der Waals surface area contributed by atoms with E-state index in [2.05, 4.69) is 10.2 Å². The molecule has 1 aromatic heterocycles. The van der Waals surface area contributed by atoms with Crippen molar-refractivity contribution < 1.29 is 12.8 Å². The van der Waals surface area contributed by atoms with E-state index in [1.807, 2.05) is 0 Å². The van der Waals surface area contributed by atoms with Crippen molar-refractivity contribution in [3.05, 3.63) is 35.7 Å². The van der Waals surface area contributed by atoms with Crippen molar-refractivity contribution in [3.63, 3.8) is 0 Å². The number of thioether (sulfide) groups is 1. The molecule has 1 heterocycles. The number of rotatable bonds is 6. The highest BCUT2D eigenvalue weighted by Crippen LogP contribution is 2.19. The lowest BCUT2D eigenvalue weighted by Crippen LogP contribution is -2.13. The molecule has 0 bridgehead atoms. The van der Waals surface area contributed by atoms with Crippen LogP contribution in [0, 0.1) is 12.3 Å². The van der Waals surface area contributed by atoms with Gasteiger partial charge < -0.3 is 10.2 Å². The SMILES string of the molecule is Cc1nnc(SCCS(=O)(=O)c2cccc(C(=N)N)c2)o1. The second-order valence-electron chi connectivity index (χ2n) is 4.20. The Morgan fingerprint density at radius 1 is 1.43 bits per heavy atom. The Hall–Kier alpha value is -1.87. The molecule has 0 spiro atoms. The molecular weight excluding hydrogens is 312 g/mol. The standard InChI is InChI=1S/C12H14N4O3S2/c1-8-15-16-12(19-8)20-5-6-21(17,18)10-4-2-3-9(7-10)11(13)14/h2-4,7H,5-6H2,1H3,(H3,13,14). The predicted octanol–water partition coefficient (Wildman–Crippen LogP) is 1.23. The van der Waals surface area contributed by atoms with E-state index in [1.165, 1.54) is 23.9 Å². The zero-order valence-corrected chi connectivity index (χ0v) is 12.9. The van der Waals surface area contributed by atoms with Gasteiger partial charge >= 0.3 is 0 Å². The van der Waals surface area contributed by atoms with Gasteiger partial charge in [-0.15, -0.1) is 10.2 Å². The third-order valence-electron chi connectivity index (χ3n) is 2.59. The molecule has 0 aliphatic carbocycles. The van der Waals surface area contributed by atoms with Gasteiger partial charge in [-0.1, -0.05) is 23.9 Å². The Balaban J connectivity index is 2.04. The number of benzene rings is 1. The molecule has 0 atom stereocenters. The number of nitrogens with two attached hydrogens (primary N) is 1. The van der Waals surface area contributed by atoms with Crippen molar-refractivity contribution in [1.29, 1.82) is 5.41 Å². The molecule has 7 nitrogen and oxygen atoms in total. The smallest absolute Gasteiger partial charge is 0.276 e. The Morgan fingerprint density at radius 3 is 2.81 bits per heavy atom. The van der Waals surface area contributed by atoms with Crippen molar-refractivity contribution in [2.45, 2.75) is 17.0 Å². The Bertz CT molecular complexity index is 755. The maximum absolute atomic E-state index is 12.2. The van der Waals surface area contributed by atoms with E-state index in [0.29, 0.717) is 22.4 Å². The molecule has 0 amide bonds. The Labute approximate surface area is 126 Å². The lowest BCUT2D eigenvalue weighted by atomic mass is 10.2. The average molecular weight is 326 g/mol. The molecule has 1 aromatic carbocycles. The Morgan fingerprint density at radius 2 is 2.19 bits per heavy atom. The zero-order valence-electron chi connectivity index (χ0n) is 11.2. The van der Waals surface area contributed by atoms with E-state index >= 15 is 0 Å². The Kier molecular flexibility index (Phi) is 4.63. The van der Waals surface area contributed by atoms with Crippen LogP contribution in [0.4, 0.5) is 0 Å². The average Bonchev–Trinajstić information content (AvgIpc) is 2.84. The summed E-state index contributed by atoms with van der Waals surface area (Å²) in [6.45, 7) is 1.67. The van der Waals surface area contributed by atoms with Crippen LogP contribution in [0.3, 0.4) is 0 Å². The first-order chi connectivity index (χ1) is 9.88. The van der Waals surface area contributed by atoms with Gasteiger partial charge in [0, 0.05) is 18.2 Å². The largest absolute Gasteiger partial charge is 0.416 e. The van der Waals surface area contributed by atoms with Crippen LogP contribution in [0.15, 0.2) is 38.8 Å².